The average molecular weight is 360 g/mol. The van der Waals surface area contributed by atoms with Gasteiger partial charge in [-0.3, -0.25) is 10.1 Å². The van der Waals surface area contributed by atoms with E-state index in [1.165, 1.54) is 17.5 Å². The summed E-state index contributed by atoms with van der Waals surface area (Å²) in [5.74, 6) is 1.13. The molecule has 1 amide bonds. The predicted molar refractivity (Wildman–Crippen MR) is 90.9 cm³/mol. The Morgan fingerprint density at radius 3 is 2.92 bits per heavy atom. The third-order valence-electron chi connectivity index (χ3n) is 3.38. The van der Waals surface area contributed by atoms with Crippen LogP contribution in [0, 0.1) is 0 Å². The minimum atomic E-state index is -0.286. The average Bonchev–Trinajstić information content (AvgIpc) is 3.23. The number of pyridine rings is 1. The monoisotopic (exact) mass is 359 g/mol. The molecule has 3 aromatic rings. The van der Waals surface area contributed by atoms with Crippen LogP contribution in [0.25, 0.3) is 11.3 Å². The van der Waals surface area contributed by atoms with E-state index in [1.807, 2.05) is 23.6 Å². The van der Waals surface area contributed by atoms with Gasteiger partial charge in [0.15, 0.2) is 16.6 Å². The summed E-state index contributed by atoms with van der Waals surface area (Å²) < 4.78 is 10.7. The van der Waals surface area contributed by atoms with E-state index in [-0.39, 0.29) is 12.7 Å². The van der Waals surface area contributed by atoms with Crippen molar-refractivity contribution in [2.45, 2.75) is 0 Å². The van der Waals surface area contributed by atoms with Crippen molar-refractivity contribution in [2.24, 2.45) is 0 Å². The summed E-state index contributed by atoms with van der Waals surface area (Å²) >= 11 is 7.06. The summed E-state index contributed by atoms with van der Waals surface area (Å²) in [6, 6.07) is 8.78. The zero-order chi connectivity index (χ0) is 16.5. The highest BCUT2D eigenvalue weighted by molar-refractivity contribution is 7.14. The first kappa shape index (κ1) is 14.9. The third kappa shape index (κ3) is 2.91. The summed E-state index contributed by atoms with van der Waals surface area (Å²) in [5, 5.41) is 5.46. The molecule has 0 atom stereocenters. The molecule has 1 aliphatic rings. The van der Waals surface area contributed by atoms with Crippen molar-refractivity contribution < 1.29 is 14.3 Å². The molecule has 8 heteroatoms. The zero-order valence-electron chi connectivity index (χ0n) is 12.2. The van der Waals surface area contributed by atoms with Crippen molar-refractivity contribution in [3.63, 3.8) is 0 Å². The van der Waals surface area contributed by atoms with Crippen LogP contribution in [0.1, 0.15) is 10.4 Å². The van der Waals surface area contributed by atoms with Crippen LogP contribution >= 0.6 is 22.9 Å². The Morgan fingerprint density at radius 2 is 2.08 bits per heavy atom. The van der Waals surface area contributed by atoms with Gasteiger partial charge in [-0.1, -0.05) is 11.6 Å². The number of carbonyl (C=O) groups is 1. The molecule has 0 unspecified atom stereocenters. The summed E-state index contributed by atoms with van der Waals surface area (Å²) in [5.41, 5.74) is 2.06. The van der Waals surface area contributed by atoms with Crippen LogP contribution in [0.15, 0.2) is 41.9 Å². The van der Waals surface area contributed by atoms with Crippen molar-refractivity contribution in [3.05, 3.63) is 52.6 Å². The number of hydrogen-bond acceptors (Lipinski definition) is 6. The Morgan fingerprint density at radius 1 is 1.21 bits per heavy atom. The second-order valence-corrected chi connectivity index (χ2v) is 6.18. The molecule has 3 heterocycles. The molecule has 1 aliphatic heterocycles. The maximum atomic E-state index is 12.2. The first-order valence-corrected chi connectivity index (χ1v) is 8.23. The number of rotatable bonds is 3. The minimum absolute atomic E-state index is 0.228. The fourth-order valence-corrected chi connectivity index (χ4v) is 3.03. The van der Waals surface area contributed by atoms with E-state index < -0.39 is 0 Å². The highest BCUT2D eigenvalue weighted by atomic mass is 35.5. The molecule has 4 rings (SSSR count). The van der Waals surface area contributed by atoms with Crippen molar-refractivity contribution in [1.29, 1.82) is 0 Å². The number of halogens is 1. The number of nitrogens with zero attached hydrogens (tertiary/aromatic N) is 2. The van der Waals surface area contributed by atoms with Crippen LogP contribution in [0.4, 0.5) is 5.13 Å². The lowest BCUT2D eigenvalue weighted by atomic mass is 10.1. The summed E-state index contributed by atoms with van der Waals surface area (Å²) in [6.45, 7) is 0.228. The largest absolute Gasteiger partial charge is 0.454 e. The Hall–Kier alpha value is -2.64. The number of thiazole rings is 1. The standard InChI is InChI=1S/C16H10ClN3O3S/c17-14-4-2-10(6-18-14)15(21)20-16-19-11(7-24-16)9-1-3-12-13(5-9)23-8-22-12/h1-7H,8H2,(H,19,20,21). The maximum Gasteiger partial charge on any atom is 0.259 e. The molecule has 2 aromatic heterocycles. The number of aromatic nitrogens is 2. The summed E-state index contributed by atoms with van der Waals surface area (Å²) in [7, 11) is 0. The molecule has 0 aliphatic carbocycles. The van der Waals surface area contributed by atoms with Gasteiger partial charge in [0, 0.05) is 17.1 Å². The third-order valence-corrected chi connectivity index (χ3v) is 4.36. The Balaban J connectivity index is 1.52. The zero-order valence-corrected chi connectivity index (χ0v) is 13.7. The first-order valence-electron chi connectivity index (χ1n) is 6.97. The van der Waals surface area contributed by atoms with E-state index in [9.17, 15) is 4.79 Å². The van der Waals surface area contributed by atoms with E-state index in [2.05, 4.69) is 15.3 Å². The van der Waals surface area contributed by atoms with Crippen LogP contribution in [0.5, 0.6) is 11.5 Å². The van der Waals surface area contributed by atoms with Crippen LogP contribution in [0.2, 0.25) is 5.15 Å². The molecule has 120 valence electrons. The SMILES string of the molecule is O=C(Nc1nc(-c2ccc3c(c2)OCO3)cs1)c1ccc(Cl)nc1. The van der Waals surface area contributed by atoms with E-state index in [1.54, 1.807) is 12.1 Å². The second-order valence-electron chi connectivity index (χ2n) is 4.93. The van der Waals surface area contributed by atoms with Gasteiger partial charge in [0.2, 0.25) is 6.79 Å². The topological polar surface area (TPSA) is 73.3 Å². The molecule has 0 saturated heterocycles. The molecular formula is C16H10ClN3O3S. The molecule has 0 spiro atoms. The fraction of sp³-hybridized carbons (Fsp3) is 0.0625. The van der Waals surface area contributed by atoms with Gasteiger partial charge >= 0.3 is 0 Å². The number of nitrogens with one attached hydrogen (secondary N) is 1. The minimum Gasteiger partial charge on any atom is -0.454 e. The number of fused-ring (bicyclic) bond motifs is 1. The molecule has 1 N–H and O–H groups in total. The Bertz CT molecular complexity index is 911. The van der Waals surface area contributed by atoms with E-state index in [4.69, 9.17) is 21.1 Å². The molecular weight excluding hydrogens is 350 g/mol. The highest BCUT2D eigenvalue weighted by Gasteiger charge is 2.16. The van der Waals surface area contributed by atoms with E-state index in [0.717, 1.165) is 17.0 Å². The molecule has 0 bridgehead atoms. The van der Waals surface area contributed by atoms with Crippen LogP contribution < -0.4 is 14.8 Å². The van der Waals surface area contributed by atoms with Crippen LogP contribution in [0.3, 0.4) is 0 Å². The van der Waals surface area contributed by atoms with Gasteiger partial charge in [0.1, 0.15) is 5.15 Å². The van der Waals surface area contributed by atoms with Gasteiger partial charge in [-0.05, 0) is 30.3 Å². The molecule has 0 fully saturated rings. The van der Waals surface area contributed by atoms with Crippen molar-refractivity contribution >= 4 is 34.0 Å². The highest BCUT2D eigenvalue weighted by Crippen LogP contribution is 2.36. The van der Waals surface area contributed by atoms with Gasteiger partial charge in [0.05, 0.1) is 11.3 Å². The van der Waals surface area contributed by atoms with Crippen molar-refractivity contribution in [3.8, 4) is 22.8 Å². The van der Waals surface area contributed by atoms with E-state index >= 15 is 0 Å². The van der Waals surface area contributed by atoms with Gasteiger partial charge in [0.25, 0.3) is 5.91 Å². The number of benzene rings is 1. The normalized spacial score (nSPS) is 12.2. The number of hydrogen-bond donors (Lipinski definition) is 1. The first-order chi connectivity index (χ1) is 11.7. The lowest BCUT2D eigenvalue weighted by molar-refractivity contribution is 0.102. The number of anilines is 1. The smallest absolute Gasteiger partial charge is 0.259 e. The lowest BCUT2D eigenvalue weighted by Crippen LogP contribution is -2.11. The van der Waals surface area contributed by atoms with Crippen LogP contribution in [-0.2, 0) is 0 Å². The van der Waals surface area contributed by atoms with Crippen molar-refractivity contribution in [2.75, 3.05) is 12.1 Å². The van der Waals surface area contributed by atoms with Crippen LogP contribution in [-0.4, -0.2) is 22.7 Å². The second kappa shape index (κ2) is 6.10. The molecule has 1 aromatic carbocycles. The number of ether oxygens (including phenoxy) is 2. The van der Waals surface area contributed by atoms with E-state index in [0.29, 0.717) is 21.6 Å². The fourth-order valence-electron chi connectivity index (χ4n) is 2.20. The Labute approximate surface area is 146 Å². The lowest BCUT2D eigenvalue weighted by Gasteiger charge is -2.01. The molecule has 24 heavy (non-hydrogen) atoms. The van der Waals surface area contributed by atoms with Crippen molar-refractivity contribution in [1.82, 2.24) is 9.97 Å². The van der Waals surface area contributed by atoms with Gasteiger partial charge in [-0.25, -0.2) is 9.97 Å². The molecule has 0 radical (unpaired) electrons. The quantitative estimate of drug-likeness (QED) is 0.719. The predicted octanol–water partition coefficient (Wildman–Crippen LogP) is 3.84. The van der Waals surface area contributed by atoms with Gasteiger partial charge < -0.3 is 9.47 Å². The molecule has 6 nitrogen and oxygen atoms in total. The maximum absolute atomic E-state index is 12.2. The Kier molecular flexibility index (Phi) is 3.79. The number of amides is 1. The summed E-state index contributed by atoms with van der Waals surface area (Å²) in [6.07, 6.45) is 1.42. The number of carbonyl (C=O) groups excluding carboxylic acids is 1. The van der Waals surface area contributed by atoms with Gasteiger partial charge in [-0.2, -0.15) is 0 Å². The molecule has 0 saturated carbocycles. The summed E-state index contributed by atoms with van der Waals surface area (Å²) in [4.78, 5) is 20.5. The van der Waals surface area contributed by atoms with Gasteiger partial charge in [-0.15, -0.1) is 11.3 Å².